The molecule has 6 rings (SSSR count). The van der Waals surface area contributed by atoms with Gasteiger partial charge in [0.05, 0.1) is 11.1 Å². The average molecular weight is 673 g/mol. The fraction of sp³-hybridized carbons (Fsp3) is 0.323. The molecule has 0 atom stereocenters. The SMILES string of the molecule is Nc1ccc(N2CCN(c3cccc(C(=O)c4cccc(N5CCN(c6ccc(N)nn6)CC5)c4C(F)(F)F)c3C(F)(F)F)CC2)nn1. The largest absolute Gasteiger partial charge is 0.419 e. The average Bonchev–Trinajstić information content (AvgIpc) is 3.07. The van der Waals surface area contributed by atoms with E-state index < -0.39 is 40.4 Å². The fourth-order valence-corrected chi connectivity index (χ4v) is 6.09. The van der Waals surface area contributed by atoms with Gasteiger partial charge in [-0.3, -0.25) is 4.79 Å². The van der Waals surface area contributed by atoms with Crippen molar-refractivity contribution in [2.45, 2.75) is 12.4 Å². The molecule has 0 bridgehead atoms. The maximum Gasteiger partial charge on any atom is 0.419 e. The first-order valence-corrected chi connectivity index (χ1v) is 14.9. The summed E-state index contributed by atoms with van der Waals surface area (Å²) in [6.45, 7) is 1.65. The molecule has 2 saturated heterocycles. The summed E-state index contributed by atoms with van der Waals surface area (Å²) in [7, 11) is 0. The van der Waals surface area contributed by atoms with E-state index in [4.69, 9.17) is 11.5 Å². The summed E-state index contributed by atoms with van der Waals surface area (Å²) in [6, 6.07) is 13.2. The summed E-state index contributed by atoms with van der Waals surface area (Å²) < 4.78 is 88.5. The van der Waals surface area contributed by atoms with Gasteiger partial charge in [-0.1, -0.05) is 24.3 Å². The lowest BCUT2D eigenvalue weighted by molar-refractivity contribution is -0.137. The zero-order valence-electron chi connectivity index (χ0n) is 25.3. The van der Waals surface area contributed by atoms with Crippen molar-refractivity contribution in [1.82, 2.24) is 20.4 Å². The molecule has 4 aromatic rings. The minimum Gasteiger partial charge on any atom is -0.382 e. The van der Waals surface area contributed by atoms with Crippen molar-refractivity contribution in [3.05, 3.63) is 82.9 Å². The van der Waals surface area contributed by atoms with Crippen LogP contribution in [0.15, 0.2) is 60.7 Å². The highest BCUT2D eigenvalue weighted by Gasteiger charge is 2.43. The Balaban J connectivity index is 1.30. The Bertz CT molecular complexity index is 1640. The minimum atomic E-state index is -5.04. The maximum absolute atomic E-state index is 14.8. The van der Waals surface area contributed by atoms with Crippen LogP contribution >= 0.6 is 0 Å². The van der Waals surface area contributed by atoms with Gasteiger partial charge in [0, 0.05) is 74.9 Å². The van der Waals surface area contributed by atoms with Gasteiger partial charge < -0.3 is 31.1 Å². The number of rotatable bonds is 6. The molecular formula is C31H30F6N10O. The molecule has 11 nitrogen and oxygen atoms in total. The van der Waals surface area contributed by atoms with Gasteiger partial charge in [-0.2, -0.15) is 26.3 Å². The first-order valence-electron chi connectivity index (χ1n) is 14.9. The van der Waals surface area contributed by atoms with Crippen molar-refractivity contribution >= 4 is 40.4 Å². The van der Waals surface area contributed by atoms with Gasteiger partial charge in [-0.05, 0) is 36.4 Å². The number of nitrogens with two attached hydrogens (primary N) is 2. The summed E-state index contributed by atoms with van der Waals surface area (Å²) >= 11 is 0. The Hall–Kier alpha value is -5.35. The predicted octanol–water partition coefficient (Wildman–Crippen LogP) is 4.35. The molecule has 252 valence electrons. The molecule has 2 aliphatic rings. The van der Waals surface area contributed by atoms with Gasteiger partial charge in [0.15, 0.2) is 17.4 Å². The molecule has 4 N–H and O–H groups in total. The summed E-state index contributed by atoms with van der Waals surface area (Å²) in [5, 5.41) is 15.7. The fourth-order valence-electron chi connectivity index (χ4n) is 6.09. The normalized spacial score (nSPS) is 16.0. The molecule has 0 radical (unpaired) electrons. The van der Waals surface area contributed by atoms with Crippen molar-refractivity contribution in [1.29, 1.82) is 0 Å². The smallest absolute Gasteiger partial charge is 0.382 e. The lowest BCUT2D eigenvalue weighted by atomic mass is 9.92. The second-order valence-corrected chi connectivity index (χ2v) is 11.3. The predicted molar refractivity (Wildman–Crippen MR) is 168 cm³/mol. The lowest BCUT2D eigenvalue weighted by Gasteiger charge is -2.38. The third-order valence-corrected chi connectivity index (χ3v) is 8.37. The quantitative estimate of drug-likeness (QED) is 0.224. The van der Waals surface area contributed by atoms with Crippen LogP contribution in [0.2, 0.25) is 0 Å². The molecule has 2 aliphatic heterocycles. The molecule has 17 heteroatoms. The monoisotopic (exact) mass is 672 g/mol. The third-order valence-electron chi connectivity index (χ3n) is 8.37. The van der Waals surface area contributed by atoms with Crippen LogP contribution < -0.4 is 31.1 Å². The number of anilines is 6. The molecule has 0 amide bonds. The number of piperazine rings is 2. The van der Waals surface area contributed by atoms with Crippen LogP contribution in [0.3, 0.4) is 0 Å². The lowest BCUT2D eigenvalue weighted by Crippen LogP contribution is -2.47. The van der Waals surface area contributed by atoms with Gasteiger partial charge >= 0.3 is 12.4 Å². The number of ketones is 1. The summed E-state index contributed by atoms with van der Waals surface area (Å²) in [5.41, 5.74) is 6.32. The van der Waals surface area contributed by atoms with E-state index in [-0.39, 0.29) is 75.4 Å². The van der Waals surface area contributed by atoms with E-state index in [1.807, 2.05) is 9.80 Å². The number of carbonyl (C=O) groups excluding carboxylic acids is 1. The summed E-state index contributed by atoms with van der Waals surface area (Å²) in [5.74, 6) is 0.0812. The Morgan fingerprint density at radius 2 is 0.875 bits per heavy atom. The van der Waals surface area contributed by atoms with E-state index in [1.54, 1.807) is 24.3 Å². The van der Waals surface area contributed by atoms with Crippen molar-refractivity contribution in [2.75, 3.05) is 83.4 Å². The molecule has 0 unspecified atom stereocenters. The van der Waals surface area contributed by atoms with E-state index in [1.165, 1.54) is 34.1 Å². The number of aromatic nitrogens is 4. The standard InChI is InChI=1S/C31H30F6N10O/c32-30(33,34)27-19(3-1-5-21(27)44-11-15-46(16-12-44)25-9-7-23(38)40-42-25)29(48)20-4-2-6-22(28(20)31(35,36)37)45-13-17-47(18-14-45)26-10-8-24(39)41-43-26/h1-10H,11-18H2,(H2,38,40)(H2,39,41). The molecule has 0 saturated carbocycles. The number of hydrogen-bond acceptors (Lipinski definition) is 11. The van der Waals surface area contributed by atoms with Crippen molar-refractivity contribution in [2.24, 2.45) is 0 Å². The van der Waals surface area contributed by atoms with Crippen molar-refractivity contribution in [3.63, 3.8) is 0 Å². The van der Waals surface area contributed by atoms with Gasteiger partial charge in [0.25, 0.3) is 0 Å². The summed E-state index contributed by atoms with van der Waals surface area (Å²) in [4.78, 5) is 20.5. The van der Waals surface area contributed by atoms with Gasteiger partial charge in [0.1, 0.15) is 11.6 Å². The number of nitrogens with zero attached hydrogens (tertiary/aromatic N) is 8. The molecule has 2 fully saturated rings. The molecule has 0 aliphatic carbocycles. The van der Waals surface area contributed by atoms with Crippen molar-refractivity contribution in [3.8, 4) is 0 Å². The van der Waals surface area contributed by atoms with Crippen LogP contribution in [0.25, 0.3) is 0 Å². The highest BCUT2D eigenvalue weighted by molar-refractivity contribution is 6.12. The van der Waals surface area contributed by atoms with Crippen molar-refractivity contribution < 1.29 is 31.1 Å². The second-order valence-electron chi connectivity index (χ2n) is 11.3. The van der Waals surface area contributed by atoms with E-state index >= 15 is 0 Å². The van der Waals surface area contributed by atoms with Crippen LogP contribution in [-0.2, 0) is 12.4 Å². The highest BCUT2D eigenvalue weighted by atomic mass is 19.4. The topological polar surface area (TPSA) is 134 Å². The molecule has 48 heavy (non-hydrogen) atoms. The molecule has 2 aromatic heterocycles. The van der Waals surface area contributed by atoms with Crippen LogP contribution in [0.5, 0.6) is 0 Å². The van der Waals surface area contributed by atoms with Crippen LogP contribution in [-0.4, -0.2) is 78.5 Å². The summed E-state index contributed by atoms with van der Waals surface area (Å²) in [6.07, 6.45) is -10.1. The van der Waals surface area contributed by atoms with E-state index in [0.717, 1.165) is 12.1 Å². The van der Waals surface area contributed by atoms with Gasteiger partial charge in [0.2, 0.25) is 0 Å². The molecule has 2 aromatic carbocycles. The van der Waals surface area contributed by atoms with Crippen LogP contribution in [0, 0.1) is 0 Å². The van der Waals surface area contributed by atoms with E-state index in [2.05, 4.69) is 20.4 Å². The van der Waals surface area contributed by atoms with Crippen LogP contribution in [0.1, 0.15) is 27.0 Å². The number of carbonyl (C=O) groups is 1. The molecule has 0 spiro atoms. The van der Waals surface area contributed by atoms with E-state index in [9.17, 15) is 31.1 Å². The van der Waals surface area contributed by atoms with E-state index in [0.29, 0.717) is 11.6 Å². The molecule has 4 heterocycles. The number of nitrogen functional groups attached to an aromatic ring is 2. The van der Waals surface area contributed by atoms with Crippen LogP contribution in [0.4, 0.5) is 61.0 Å². The Labute approximate surface area is 270 Å². The van der Waals surface area contributed by atoms with Gasteiger partial charge in [-0.15, -0.1) is 20.4 Å². The second kappa shape index (κ2) is 12.7. The maximum atomic E-state index is 14.8. The zero-order chi connectivity index (χ0) is 34.2. The number of benzene rings is 2. The third kappa shape index (κ3) is 6.57. The zero-order valence-corrected chi connectivity index (χ0v) is 25.3. The Kier molecular flexibility index (Phi) is 8.61. The number of halogens is 6. The number of alkyl halides is 6. The minimum absolute atomic E-state index is 0.129. The first-order chi connectivity index (χ1) is 22.8. The Morgan fingerprint density at radius 3 is 1.19 bits per heavy atom. The number of hydrogen-bond donors (Lipinski definition) is 2. The Morgan fingerprint density at radius 1 is 0.521 bits per heavy atom. The molecular weight excluding hydrogens is 642 g/mol. The highest BCUT2D eigenvalue weighted by Crippen LogP contribution is 2.44. The van der Waals surface area contributed by atoms with Gasteiger partial charge in [-0.25, -0.2) is 0 Å². The first kappa shape index (κ1) is 32.6.